The van der Waals surface area contributed by atoms with Crippen molar-refractivity contribution >= 4 is 17.5 Å². The highest BCUT2D eigenvalue weighted by atomic mass is 16.5. The predicted molar refractivity (Wildman–Crippen MR) is 110 cm³/mol. The number of rotatable bonds is 5. The molecule has 3 heterocycles. The molecular weight excluding hydrogens is 384 g/mol. The molecule has 8 heteroatoms. The number of hydrogen-bond donors (Lipinski definition) is 0. The van der Waals surface area contributed by atoms with Crippen LogP contribution in [0, 0.1) is 5.92 Å². The Kier molecular flexibility index (Phi) is 5.65. The Morgan fingerprint density at radius 3 is 2.57 bits per heavy atom. The van der Waals surface area contributed by atoms with Gasteiger partial charge < -0.3 is 18.8 Å². The minimum absolute atomic E-state index is 0.137. The zero-order chi connectivity index (χ0) is 21.1. The van der Waals surface area contributed by atoms with Crippen LogP contribution in [-0.2, 0) is 9.53 Å². The number of benzene rings is 1. The first-order chi connectivity index (χ1) is 14.6. The fraction of sp³-hybridized carbons (Fsp3) is 0.364. The molecule has 156 valence electrons. The largest absolute Gasteiger partial charge is 0.497 e. The molecule has 1 aliphatic heterocycles. The molecule has 1 aliphatic rings. The number of piperidine rings is 1. The Morgan fingerprint density at radius 2 is 1.90 bits per heavy atom. The summed E-state index contributed by atoms with van der Waals surface area (Å²) in [7, 11) is 1.62. The van der Waals surface area contributed by atoms with Gasteiger partial charge in [0.15, 0.2) is 5.65 Å². The number of likely N-dealkylation sites (tertiary alicyclic amines) is 1. The molecule has 2 aromatic heterocycles. The Labute approximate surface area is 174 Å². The second-order valence-corrected chi connectivity index (χ2v) is 7.18. The van der Waals surface area contributed by atoms with Crippen molar-refractivity contribution in [1.29, 1.82) is 0 Å². The first-order valence-electron chi connectivity index (χ1n) is 10.0. The molecule has 0 aliphatic carbocycles. The molecule has 1 fully saturated rings. The van der Waals surface area contributed by atoms with Crippen molar-refractivity contribution in [3.63, 3.8) is 0 Å². The molecule has 0 N–H and O–H groups in total. The lowest BCUT2D eigenvalue weighted by atomic mass is 9.97. The van der Waals surface area contributed by atoms with E-state index < -0.39 is 0 Å². The number of carbonyl (C=O) groups excluding carboxylic acids is 2. The Balaban J connectivity index is 1.54. The van der Waals surface area contributed by atoms with Crippen LogP contribution in [0.2, 0.25) is 0 Å². The van der Waals surface area contributed by atoms with Crippen molar-refractivity contribution in [2.45, 2.75) is 19.8 Å². The summed E-state index contributed by atoms with van der Waals surface area (Å²) in [4.78, 5) is 35.7. The van der Waals surface area contributed by atoms with Gasteiger partial charge in [0.2, 0.25) is 0 Å². The van der Waals surface area contributed by atoms with Crippen molar-refractivity contribution in [2.75, 3.05) is 26.8 Å². The molecule has 0 saturated carbocycles. The lowest BCUT2D eigenvalue weighted by molar-refractivity contribution is -0.149. The van der Waals surface area contributed by atoms with Gasteiger partial charge in [0.25, 0.3) is 5.91 Å². The predicted octanol–water partition coefficient (Wildman–Crippen LogP) is 2.82. The number of carbonyl (C=O) groups is 2. The summed E-state index contributed by atoms with van der Waals surface area (Å²) in [6.45, 7) is 3.21. The number of ether oxygens (including phenoxy) is 2. The minimum atomic E-state index is -0.174. The zero-order valence-corrected chi connectivity index (χ0v) is 17.1. The van der Waals surface area contributed by atoms with Gasteiger partial charge in [0.1, 0.15) is 17.1 Å². The Morgan fingerprint density at radius 1 is 1.17 bits per heavy atom. The SMILES string of the molecule is CCOC(=O)C1CCN(C(=O)c2cn3ccnc(-c4ccc(OC)cc4)c3n2)CC1. The average Bonchev–Trinajstić information content (AvgIpc) is 3.23. The fourth-order valence-electron chi connectivity index (χ4n) is 3.72. The summed E-state index contributed by atoms with van der Waals surface area (Å²) >= 11 is 0. The van der Waals surface area contributed by atoms with Crippen LogP contribution in [0.15, 0.2) is 42.9 Å². The quantitative estimate of drug-likeness (QED) is 0.604. The van der Waals surface area contributed by atoms with E-state index in [2.05, 4.69) is 9.97 Å². The number of amides is 1. The fourth-order valence-corrected chi connectivity index (χ4v) is 3.72. The maximum absolute atomic E-state index is 13.0. The van der Waals surface area contributed by atoms with Gasteiger partial charge in [-0.25, -0.2) is 4.98 Å². The topological polar surface area (TPSA) is 86.0 Å². The van der Waals surface area contributed by atoms with E-state index in [4.69, 9.17) is 9.47 Å². The molecule has 0 radical (unpaired) electrons. The van der Waals surface area contributed by atoms with E-state index in [1.165, 1.54) is 0 Å². The molecule has 1 aromatic carbocycles. The normalized spacial score (nSPS) is 14.7. The first kappa shape index (κ1) is 19.9. The monoisotopic (exact) mass is 408 g/mol. The van der Waals surface area contributed by atoms with Crippen molar-refractivity contribution in [1.82, 2.24) is 19.3 Å². The number of hydrogen-bond acceptors (Lipinski definition) is 6. The van der Waals surface area contributed by atoms with Gasteiger partial charge in [-0.1, -0.05) is 0 Å². The van der Waals surface area contributed by atoms with Gasteiger partial charge in [0, 0.05) is 37.2 Å². The molecule has 1 saturated heterocycles. The number of methoxy groups -OCH3 is 1. The molecule has 0 bridgehead atoms. The van der Waals surface area contributed by atoms with E-state index in [1.54, 1.807) is 37.5 Å². The Bertz CT molecular complexity index is 1050. The number of imidazole rings is 1. The van der Waals surface area contributed by atoms with Gasteiger partial charge in [-0.2, -0.15) is 0 Å². The summed E-state index contributed by atoms with van der Waals surface area (Å²) < 4.78 is 12.1. The molecule has 3 aromatic rings. The maximum Gasteiger partial charge on any atom is 0.309 e. The maximum atomic E-state index is 13.0. The summed E-state index contributed by atoms with van der Waals surface area (Å²) in [6, 6.07) is 7.56. The molecular formula is C22H24N4O4. The summed E-state index contributed by atoms with van der Waals surface area (Å²) in [5.41, 5.74) is 2.57. The molecule has 8 nitrogen and oxygen atoms in total. The van der Waals surface area contributed by atoms with Crippen LogP contribution >= 0.6 is 0 Å². The lowest BCUT2D eigenvalue weighted by Gasteiger charge is -2.30. The van der Waals surface area contributed by atoms with Gasteiger partial charge >= 0.3 is 5.97 Å². The Hall–Kier alpha value is -3.42. The van der Waals surface area contributed by atoms with Crippen LogP contribution in [0.1, 0.15) is 30.3 Å². The average molecular weight is 408 g/mol. The van der Waals surface area contributed by atoms with Crippen LogP contribution < -0.4 is 4.74 Å². The van der Waals surface area contributed by atoms with E-state index in [0.29, 0.717) is 49.6 Å². The molecule has 1 amide bonds. The molecule has 4 rings (SSSR count). The molecule has 0 atom stereocenters. The summed E-state index contributed by atoms with van der Waals surface area (Å²) in [6.07, 6.45) is 6.41. The molecule has 0 unspecified atom stereocenters. The van der Waals surface area contributed by atoms with Crippen LogP contribution in [0.25, 0.3) is 16.9 Å². The first-order valence-corrected chi connectivity index (χ1v) is 10.0. The second-order valence-electron chi connectivity index (χ2n) is 7.18. The standard InChI is InChI=1S/C22H24N4O4/c1-3-30-22(28)16-8-11-25(12-9-16)21(27)18-14-26-13-10-23-19(20(26)24-18)15-4-6-17(29-2)7-5-15/h4-7,10,13-14,16H,3,8-9,11-12H2,1-2H3. The number of fused-ring (bicyclic) bond motifs is 1. The number of nitrogens with zero attached hydrogens (tertiary/aromatic N) is 4. The van der Waals surface area contributed by atoms with E-state index in [9.17, 15) is 9.59 Å². The zero-order valence-electron chi connectivity index (χ0n) is 17.1. The van der Waals surface area contributed by atoms with Crippen LogP contribution in [0.4, 0.5) is 0 Å². The van der Waals surface area contributed by atoms with Gasteiger partial charge in [-0.05, 0) is 44.0 Å². The molecule has 30 heavy (non-hydrogen) atoms. The van der Waals surface area contributed by atoms with Gasteiger partial charge in [-0.15, -0.1) is 0 Å². The van der Waals surface area contributed by atoms with Crippen molar-refractivity contribution in [2.24, 2.45) is 5.92 Å². The highest BCUT2D eigenvalue weighted by molar-refractivity contribution is 5.94. The van der Waals surface area contributed by atoms with E-state index in [-0.39, 0.29) is 17.8 Å². The second kappa shape index (κ2) is 8.52. The van der Waals surface area contributed by atoms with E-state index >= 15 is 0 Å². The van der Waals surface area contributed by atoms with Crippen molar-refractivity contribution in [3.8, 4) is 17.0 Å². The summed E-state index contributed by atoms with van der Waals surface area (Å²) in [5.74, 6) is 0.311. The van der Waals surface area contributed by atoms with Gasteiger partial charge in [-0.3, -0.25) is 14.6 Å². The summed E-state index contributed by atoms with van der Waals surface area (Å²) in [5, 5.41) is 0. The smallest absolute Gasteiger partial charge is 0.309 e. The van der Waals surface area contributed by atoms with E-state index in [0.717, 1.165) is 11.3 Å². The number of esters is 1. The highest BCUT2D eigenvalue weighted by Crippen LogP contribution is 2.25. The minimum Gasteiger partial charge on any atom is -0.497 e. The number of aromatic nitrogens is 3. The molecule has 0 spiro atoms. The van der Waals surface area contributed by atoms with Gasteiger partial charge in [0.05, 0.1) is 19.6 Å². The third-order valence-corrected chi connectivity index (χ3v) is 5.36. The lowest BCUT2D eigenvalue weighted by Crippen LogP contribution is -2.40. The third kappa shape index (κ3) is 3.85. The van der Waals surface area contributed by atoms with Crippen LogP contribution in [0.5, 0.6) is 5.75 Å². The highest BCUT2D eigenvalue weighted by Gasteiger charge is 2.29. The van der Waals surface area contributed by atoms with Crippen molar-refractivity contribution < 1.29 is 19.1 Å². The van der Waals surface area contributed by atoms with Crippen LogP contribution in [-0.4, -0.2) is 58.0 Å². The van der Waals surface area contributed by atoms with Crippen molar-refractivity contribution in [3.05, 3.63) is 48.5 Å². The van der Waals surface area contributed by atoms with Crippen LogP contribution in [0.3, 0.4) is 0 Å². The third-order valence-electron chi connectivity index (χ3n) is 5.36. The van der Waals surface area contributed by atoms with E-state index in [1.807, 2.05) is 28.7 Å².